The maximum absolute atomic E-state index is 13.8. The van der Waals surface area contributed by atoms with Gasteiger partial charge >= 0.3 is 0 Å². The van der Waals surface area contributed by atoms with Crippen molar-refractivity contribution in [1.82, 2.24) is 9.97 Å². The molecule has 2 aromatic heterocycles. The maximum atomic E-state index is 13.8. The molecule has 34 heavy (non-hydrogen) atoms. The fourth-order valence-corrected chi connectivity index (χ4v) is 5.38. The minimum Gasteiger partial charge on any atom is -0.302 e. The molecule has 4 aromatic rings. The average molecular weight is 493 g/mol. The number of aromatic nitrogens is 2. The Kier molecular flexibility index (Phi) is 6.46. The number of nitrogens with zero attached hydrogens (tertiary/aromatic N) is 2. The van der Waals surface area contributed by atoms with Gasteiger partial charge in [0.15, 0.2) is 10.3 Å². The smallest absolute Gasteiger partial charge is 0.260 e. The molecule has 0 spiro atoms. The van der Waals surface area contributed by atoms with Gasteiger partial charge in [-0.15, -0.1) is 22.7 Å². The van der Waals surface area contributed by atoms with Gasteiger partial charge in [0.05, 0.1) is 23.4 Å². The van der Waals surface area contributed by atoms with E-state index in [9.17, 15) is 14.0 Å². The van der Waals surface area contributed by atoms with Crippen LogP contribution in [0.15, 0.2) is 53.2 Å². The Morgan fingerprint density at radius 1 is 0.912 bits per heavy atom. The van der Waals surface area contributed by atoms with Crippen molar-refractivity contribution in [2.45, 2.75) is 32.1 Å². The Bertz CT molecular complexity index is 1360. The zero-order valence-corrected chi connectivity index (χ0v) is 19.8. The lowest BCUT2D eigenvalue weighted by Gasteiger charge is -2.16. The molecule has 0 fully saturated rings. The number of carbonyl (C=O) groups excluding carboxylic acids is 2. The number of fused-ring (bicyclic) bond motifs is 1. The van der Waals surface area contributed by atoms with Gasteiger partial charge in [0, 0.05) is 16.3 Å². The van der Waals surface area contributed by atoms with Gasteiger partial charge < -0.3 is 5.32 Å². The Hall–Kier alpha value is -3.43. The normalized spacial score (nSPS) is 12.7. The van der Waals surface area contributed by atoms with Crippen LogP contribution >= 0.6 is 22.7 Å². The first-order valence-electron chi connectivity index (χ1n) is 10.9. The summed E-state index contributed by atoms with van der Waals surface area (Å²) in [4.78, 5) is 33.6. The molecule has 2 aromatic carbocycles. The van der Waals surface area contributed by atoms with Crippen molar-refractivity contribution in [1.29, 1.82) is 0 Å². The van der Waals surface area contributed by atoms with Gasteiger partial charge in [-0.25, -0.2) is 14.4 Å². The number of nitrogens with one attached hydrogen (secondary N) is 2. The quantitative estimate of drug-likeness (QED) is 0.361. The molecule has 0 bridgehead atoms. The Balaban J connectivity index is 1.19. The van der Waals surface area contributed by atoms with Crippen LogP contribution in [0.25, 0.3) is 11.3 Å². The first-order valence-corrected chi connectivity index (χ1v) is 12.7. The summed E-state index contributed by atoms with van der Waals surface area (Å²) in [6.07, 6.45) is 4.75. The second-order valence-corrected chi connectivity index (χ2v) is 9.75. The van der Waals surface area contributed by atoms with Gasteiger partial charge in [0.25, 0.3) is 5.91 Å². The molecule has 0 unspecified atom stereocenters. The molecule has 1 aliphatic rings. The lowest BCUT2D eigenvalue weighted by Crippen LogP contribution is -2.15. The van der Waals surface area contributed by atoms with E-state index in [-0.39, 0.29) is 17.9 Å². The number of benzene rings is 2. The highest BCUT2D eigenvalue weighted by Crippen LogP contribution is 2.29. The molecule has 9 heteroatoms. The predicted molar refractivity (Wildman–Crippen MR) is 133 cm³/mol. The molecule has 0 saturated carbocycles. The first kappa shape index (κ1) is 22.4. The summed E-state index contributed by atoms with van der Waals surface area (Å²) in [5.41, 5.74) is 5.18. The zero-order valence-electron chi connectivity index (χ0n) is 18.1. The van der Waals surface area contributed by atoms with Gasteiger partial charge in [-0.1, -0.05) is 24.3 Å². The van der Waals surface area contributed by atoms with E-state index >= 15 is 0 Å². The molecule has 0 radical (unpaired) electrons. The lowest BCUT2D eigenvalue weighted by molar-refractivity contribution is -0.115. The van der Waals surface area contributed by atoms with Crippen LogP contribution < -0.4 is 10.6 Å². The summed E-state index contributed by atoms with van der Waals surface area (Å²) < 4.78 is 13.8. The van der Waals surface area contributed by atoms with Crippen LogP contribution in [-0.4, -0.2) is 21.8 Å². The molecule has 0 aliphatic heterocycles. The second-order valence-electron chi connectivity index (χ2n) is 8.03. The SMILES string of the molecule is O=C(Cc1csc(NC(=O)c2ccccc2F)n1)Nc1nc(-c2ccc3c(c2)CCCC3)cs1. The maximum Gasteiger partial charge on any atom is 0.260 e. The number of hydrogen-bond acceptors (Lipinski definition) is 6. The minimum atomic E-state index is -0.602. The van der Waals surface area contributed by atoms with E-state index in [0.717, 1.165) is 24.1 Å². The van der Waals surface area contributed by atoms with Crippen molar-refractivity contribution < 1.29 is 14.0 Å². The highest BCUT2D eigenvalue weighted by atomic mass is 32.1. The monoisotopic (exact) mass is 492 g/mol. The van der Waals surface area contributed by atoms with Crippen molar-refractivity contribution >= 4 is 44.8 Å². The van der Waals surface area contributed by atoms with E-state index in [1.54, 1.807) is 11.4 Å². The van der Waals surface area contributed by atoms with Crippen LogP contribution in [0.5, 0.6) is 0 Å². The van der Waals surface area contributed by atoms with Crippen molar-refractivity contribution in [3.63, 3.8) is 0 Å². The van der Waals surface area contributed by atoms with Gasteiger partial charge in [-0.2, -0.15) is 0 Å². The average Bonchev–Trinajstić information content (AvgIpc) is 3.48. The third-order valence-corrected chi connectivity index (χ3v) is 7.19. The van der Waals surface area contributed by atoms with Crippen LogP contribution in [0.2, 0.25) is 0 Å². The number of aryl methyl sites for hydroxylation is 2. The Morgan fingerprint density at radius 3 is 2.53 bits per heavy atom. The van der Waals surface area contributed by atoms with E-state index in [2.05, 4.69) is 38.8 Å². The first-order chi connectivity index (χ1) is 16.5. The highest BCUT2D eigenvalue weighted by Gasteiger charge is 2.16. The summed E-state index contributed by atoms with van der Waals surface area (Å²) >= 11 is 2.56. The number of rotatable bonds is 6. The van der Waals surface area contributed by atoms with E-state index in [1.165, 1.54) is 64.8 Å². The van der Waals surface area contributed by atoms with E-state index in [4.69, 9.17) is 0 Å². The highest BCUT2D eigenvalue weighted by molar-refractivity contribution is 7.14. The van der Waals surface area contributed by atoms with Gasteiger partial charge in [0.2, 0.25) is 5.91 Å². The van der Waals surface area contributed by atoms with Crippen LogP contribution in [0.4, 0.5) is 14.7 Å². The summed E-state index contributed by atoms with van der Waals surface area (Å²) in [5, 5.41) is 9.86. The molecule has 0 saturated heterocycles. The van der Waals surface area contributed by atoms with Crippen LogP contribution in [0.1, 0.15) is 40.0 Å². The fraction of sp³-hybridized carbons (Fsp3) is 0.200. The number of carbonyl (C=O) groups is 2. The molecule has 2 N–H and O–H groups in total. The number of thiazole rings is 2. The number of amides is 2. The molecule has 1 aliphatic carbocycles. The second kappa shape index (κ2) is 9.82. The molecule has 0 atom stereocenters. The van der Waals surface area contributed by atoms with Crippen molar-refractivity contribution in [2.75, 3.05) is 10.6 Å². The van der Waals surface area contributed by atoms with E-state index in [1.807, 2.05) is 5.38 Å². The Labute approximate surface area is 203 Å². The lowest BCUT2D eigenvalue weighted by atomic mass is 9.90. The van der Waals surface area contributed by atoms with Crippen LogP contribution in [0.3, 0.4) is 0 Å². The fourth-order valence-electron chi connectivity index (χ4n) is 3.94. The predicted octanol–water partition coefficient (Wildman–Crippen LogP) is 5.72. The number of anilines is 2. The standard InChI is InChI=1S/C25H21FN4O2S2/c26-20-8-4-3-7-19(20)23(32)30-24-27-18(13-33-24)12-22(31)29-25-28-21(14-34-25)17-10-9-15-5-1-2-6-16(15)11-17/h3-4,7-11,13-14H,1-2,5-6,12H2,(H,27,30,32)(H,28,29,31). The van der Waals surface area contributed by atoms with E-state index in [0.29, 0.717) is 16.0 Å². The number of hydrogen-bond donors (Lipinski definition) is 2. The third-order valence-electron chi connectivity index (χ3n) is 5.63. The molecule has 2 heterocycles. The number of halogens is 1. The summed E-state index contributed by atoms with van der Waals surface area (Å²) in [7, 11) is 0. The summed E-state index contributed by atoms with van der Waals surface area (Å²) in [6.45, 7) is 0. The summed E-state index contributed by atoms with van der Waals surface area (Å²) in [5.74, 6) is -1.43. The summed E-state index contributed by atoms with van der Waals surface area (Å²) in [6, 6.07) is 12.2. The third kappa shape index (κ3) is 5.05. The molecular formula is C25H21FN4O2S2. The van der Waals surface area contributed by atoms with Gasteiger partial charge in [-0.3, -0.25) is 14.9 Å². The van der Waals surface area contributed by atoms with Crippen LogP contribution in [-0.2, 0) is 24.1 Å². The minimum absolute atomic E-state index is 0.0415. The molecule has 172 valence electrons. The molecule has 2 amide bonds. The zero-order chi connectivity index (χ0) is 23.5. The van der Waals surface area contributed by atoms with Crippen LogP contribution in [0, 0.1) is 5.82 Å². The molecule has 6 nitrogen and oxygen atoms in total. The largest absolute Gasteiger partial charge is 0.302 e. The van der Waals surface area contributed by atoms with Gasteiger partial charge in [0.1, 0.15) is 5.82 Å². The van der Waals surface area contributed by atoms with Gasteiger partial charge in [-0.05, 0) is 55.0 Å². The molecule has 5 rings (SSSR count). The molecular weight excluding hydrogens is 471 g/mol. The Morgan fingerprint density at radius 2 is 1.68 bits per heavy atom. The van der Waals surface area contributed by atoms with Crippen molar-refractivity contribution in [2.24, 2.45) is 0 Å². The topological polar surface area (TPSA) is 84.0 Å². The van der Waals surface area contributed by atoms with E-state index < -0.39 is 11.7 Å². The van der Waals surface area contributed by atoms with Crippen molar-refractivity contribution in [3.05, 3.63) is 81.4 Å². The van der Waals surface area contributed by atoms with Crippen molar-refractivity contribution in [3.8, 4) is 11.3 Å².